The van der Waals surface area contributed by atoms with Crippen LogP contribution in [-0.4, -0.2) is 52.8 Å². The highest BCUT2D eigenvalue weighted by Gasteiger charge is 2.04. The monoisotopic (exact) mass is 290 g/mol. The number of aliphatic hydroxyl groups is 1. The average molecular weight is 290 g/mol. The van der Waals surface area contributed by atoms with Gasteiger partial charge in [-0.1, -0.05) is 6.92 Å². The van der Waals surface area contributed by atoms with E-state index in [1.807, 2.05) is 18.2 Å². The van der Waals surface area contributed by atoms with Crippen molar-refractivity contribution in [3.63, 3.8) is 0 Å². The molecular weight excluding hydrogens is 268 g/mol. The summed E-state index contributed by atoms with van der Waals surface area (Å²) in [6.45, 7) is 5.48. The van der Waals surface area contributed by atoms with E-state index in [0.29, 0.717) is 19.0 Å². The quantitative estimate of drug-likeness (QED) is 0.713. The van der Waals surface area contributed by atoms with Crippen LogP contribution in [0, 0.1) is 0 Å². The van der Waals surface area contributed by atoms with Crippen LogP contribution in [0.15, 0.2) is 24.5 Å². The van der Waals surface area contributed by atoms with Gasteiger partial charge in [-0.15, -0.1) is 0 Å². The smallest absolute Gasteiger partial charge is 0.134 e. The molecule has 3 N–H and O–H groups in total. The maximum absolute atomic E-state index is 8.93. The summed E-state index contributed by atoms with van der Waals surface area (Å²) in [5.41, 5.74) is 6.57. The number of nitrogens with zero attached hydrogens (tertiary/aromatic N) is 3. The van der Waals surface area contributed by atoms with E-state index in [2.05, 4.69) is 21.8 Å². The first kappa shape index (κ1) is 15.5. The number of nitrogens with two attached hydrogens (primary N) is 1. The molecule has 0 aliphatic heterocycles. The average Bonchev–Trinajstić information content (AvgIpc) is 2.50. The Balaban J connectivity index is 1.86. The number of benzene rings is 1. The van der Waals surface area contributed by atoms with E-state index in [9.17, 15) is 0 Å². The van der Waals surface area contributed by atoms with Gasteiger partial charge in [0.15, 0.2) is 0 Å². The Kier molecular flexibility index (Phi) is 5.71. The molecule has 0 saturated heterocycles. The summed E-state index contributed by atoms with van der Waals surface area (Å²) in [4.78, 5) is 10.3. The summed E-state index contributed by atoms with van der Waals surface area (Å²) in [5.74, 6) is 1.26. The number of rotatable bonds is 8. The number of hydrogen-bond acceptors (Lipinski definition) is 6. The molecule has 0 atom stereocenters. The zero-order chi connectivity index (χ0) is 15.1. The van der Waals surface area contributed by atoms with Crippen molar-refractivity contribution in [3.05, 3.63) is 24.5 Å². The van der Waals surface area contributed by atoms with E-state index in [1.54, 1.807) is 0 Å². The molecule has 0 amide bonds. The fraction of sp³-hybridized carbons (Fsp3) is 0.467. The van der Waals surface area contributed by atoms with Crippen LogP contribution in [0.25, 0.3) is 10.9 Å². The highest BCUT2D eigenvalue weighted by molar-refractivity contribution is 5.88. The lowest BCUT2D eigenvalue weighted by Gasteiger charge is -2.18. The molecule has 0 radical (unpaired) electrons. The molecule has 0 bridgehead atoms. The maximum Gasteiger partial charge on any atom is 0.134 e. The van der Waals surface area contributed by atoms with Gasteiger partial charge in [-0.25, -0.2) is 9.97 Å². The maximum atomic E-state index is 8.93. The van der Waals surface area contributed by atoms with E-state index in [4.69, 9.17) is 15.6 Å². The number of hydrogen-bond donors (Lipinski definition) is 2. The van der Waals surface area contributed by atoms with Crippen molar-refractivity contribution in [2.75, 3.05) is 38.6 Å². The fourth-order valence-corrected chi connectivity index (χ4v) is 2.20. The molecule has 0 spiro atoms. The van der Waals surface area contributed by atoms with Crippen molar-refractivity contribution < 1.29 is 9.84 Å². The molecule has 0 aliphatic carbocycles. The van der Waals surface area contributed by atoms with E-state index < -0.39 is 0 Å². The Morgan fingerprint density at radius 1 is 1.29 bits per heavy atom. The van der Waals surface area contributed by atoms with Crippen molar-refractivity contribution >= 4 is 16.7 Å². The third kappa shape index (κ3) is 4.27. The van der Waals surface area contributed by atoms with Gasteiger partial charge < -0.3 is 20.5 Å². The predicted octanol–water partition coefficient (Wildman–Crippen LogP) is 1.30. The summed E-state index contributed by atoms with van der Waals surface area (Å²) < 4.78 is 5.74. The van der Waals surface area contributed by atoms with Crippen LogP contribution in [-0.2, 0) is 0 Å². The fourth-order valence-electron chi connectivity index (χ4n) is 2.20. The molecule has 0 saturated carbocycles. The van der Waals surface area contributed by atoms with E-state index in [0.717, 1.165) is 36.2 Å². The minimum atomic E-state index is 0.195. The molecule has 6 nitrogen and oxygen atoms in total. The van der Waals surface area contributed by atoms with Crippen LogP contribution < -0.4 is 10.5 Å². The lowest BCUT2D eigenvalue weighted by Crippen LogP contribution is -2.28. The molecule has 0 fully saturated rings. The zero-order valence-corrected chi connectivity index (χ0v) is 12.3. The van der Waals surface area contributed by atoms with Gasteiger partial charge in [-0.2, -0.15) is 0 Å². The third-order valence-corrected chi connectivity index (χ3v) is 3.39. The number of nitrogen functional groups attached to an aromatic ring is 1. The summed E-state index contributed by atoms with van der Waals surface area (Å²) >= 11 is 0. The standard InChI is InChI=1S/C15H22N4O2/c1-2-19(7-8-20)6-3-9-21-12-4-5-13-14(10-12)17-11-18-15(13)16/h4-5,10-11,20H,2-3,6-9H2,1H3,(H2,16,17,18). The molecule has 2 rings (SSSR count). The van der Waals surface area contributed by atoms with Crippen LogP contribution >= 0.6 is 0 Å². The molecule has 0 aliphatic rings. The second kappa shape index (κ2) is 7.75. The van der Waals surface area contributed by atoms with E-state index >= 15 is 0 Å². The topological polar surface area (TPSA) is 84.5 Å². The van der Waals surface area contributed by atoms with Crippen LogP contribution in [0.4, 0.5) is 5.82 Å². The third-order valence-electron chi connectivity index (χ3n) is 3.39. The highest BCUT2D eigenvalue weighted by Crippen LogP contribution is 2.21. The van der Waals surface area contributed by atoms with Gasteiger partial charge in [0.2, 0.25) is 0 Å². The minimum Gasteiger partial charge on any atom is -0.493 e. The number of fused-ring (bicyclic) bond motifs is 1. The number of likely N-dealkylation sites (N-methyl/N-ethyl adjacent to an activating group) is 1. The van der Waals surface area contributed by atoms with Crippen molar-refractivity contribution in [2.24, 2.45) is 0 Å². The predicted molar refractivity (Wildman–Crippen MR) is 83.3 cm³/mol. The van der Waals surface area contributed by atoms with Crippen molar-refractivity contribution in [2.45, 2.75) is 13.3 Å². The largest absolute Gasteiger partial charge is 0.493 e. The normalized spacial score (nSPS) is 11.2. The van der Waals surface area contributed by atoms with Crippen molar-refractivity contribution in [3.8, 4) is 5.75 Å². The van der Waals surface area contributed by atoms with Crippen LogP contribution in [0.3, 0.4) is 0 Å². The first-order valence-electron chi connectivity index (χ1n) is 7.21. The SMILES string of the molecule is CCN(CCO)CCCOc1ccc2c(N)ncnc2c1. The second-order valence-electron chi connectivity index (χ2n) is 4.80. The van der Waals surface area contributed by atoms with Crippen molar-refractivity contribution in [1.82, 2.24) is 14.9 Å². The summed E-state index contributed by atoms with van der Waals surface area (Å²) in [6, 6.07) is 5.64. The number of anilines is 1. The first-order chi connectivity index (χ1) is 10.2. The van der Waals surface area contributed by atoms with Crippen LogP contribution in [0.5, 0.6) is 5.75 Å². The summed E-state index contributed by atoms with van der Waals surface area (Å²) in [5, 5.41) is 9.77. The molecule has 0 unspecified atom stereocenters. The van der Waals surface area contributed by atoms with Gasteiger partial charge in [-0.3, -0.25) is 0 Å². The number of aromatic nitrogens is 2. The lowest BCUT2D eigenvalue weighted by molar-refractivity contribution is 0.189. The molecule has 1 aromatic carbocycles. The number of aliphatic hydroxyl groups excluding tert-OH is 1. The molecule has 114 valence electrons. The van der Waals surface area contributed by atoms with Crippen LogP contribution in [0.1, 0.15) is 13.3 Å². The van der Waals surface area contributed by atoms with E-state index in [1.165, 1.54) is 6.33 Å². The second-order valence-corrected chi connectivity index (χ2v) is 4.80. The Bertz CT molecular complexity index is 577. The molecule has 2 aromatic rings. The highest BCUT2D eigenvalue weighted by atomic mass is 16.5. The Hall–Kier alpha value is -1.92. The van der Waals surface area contributed by atoms with Gasteiger partial charge in [0.25, 0.3) is 0 Å². The number of ether oxygens (including phenoxy) is 1. The zero-order valence-electron chi connectivity index (χ0n) is 12.3. The molecular formula is C15H22N4O2. The molecule has 21 heavy (non-hydrogen) atoms. The summed E-state index contributed by atoms with van der Waals surface area (Å²) in [6.07, 6.45) is 2.37. The first-order valence-corrected chi connectivity index (χ1v) is 7.21. The molecule has 1 heterocycles. The Morgan fingerprint density at radius 2 is 2.14 bits per heavy atom. The van der Waals surface area contributed by atoms with Crippen molar-refractivity contribution in [1.29, 1.82) is 0 Å². The van der Waals surface area contributed by atoms with Gasteiger partial charge in [0.05, 0.1) is 18.7 Å². The van der Waals surface area contributed by atoms with Gasteiger partial charge in [0, 0.05) is 24.5 Å². The van der Waals surface area contributed by atoms with Gasteiger partial charge in [0.1, 0.15) is 17.9 Å². The molecule has 6 heteroatoms. The summed E-state index contributed by atoms with van der Waals surface area (Å²) in [7, 11) is 0. The Labute approximate surface area is 124 Å². The molecule has 1 aromatic heterocycles. The lowest BCUT2D eigenvalue weighted by atomic mass is 10.2. The minimum absolute atomic E-state index is 0.195. The van der Waals surface area contributed by atoms with E-state index in [-0.39, 0.29) is 6.61 Å². The van der Waals surface area contributed by atoms with Crippen LogP contribution in [0.2, 0.25) is 0 Å². The van der Waals surface area contributed by atoms with Gasteiger partial charge >= 0.3 is 0 Å². The van der Waals surface area contributed by atoms with Gasteiger partial charge in [-0.05, 0) is 25.1 Å². The Morgan fingerprint density at radius 3 is 2.90 bits per heavy atom.